The number of thiazole rings is 1. The summed E-state index contributed by atoms with van der Waals surface area (Å²) in [6.45, 7) is 4.77. The summed E-state index contributed by atoms with van der Waals surface area (Å²) < 4.78 is 1.95. The van der Waals surface area contributed by atoms with E-state index in [-0.39, 0.29) is 5.91 Å². The second-order valence-electron chi connectivity index (χ2n) is 5.20. The Bertz CT molecular complexity index is 760. The van der Waals surface area contributed by atoms with E-state index in [0.29, 0.717) is 18.2 Å². The second-order valence-corrected chi connectivity index (χ2v) is 6.08. The van der Waals surface area contributed by atoms with Crippen molar-refractivity contribution in [2.75, 3.05) is 6.54 Å². The number of nitrogens with zero attached hydrogens (tertiary/aromatic N) is 3. The van der Waals surface area contributed by atoms with Crippen LogP contribution in [-0.4, -0.2) is 26.8 Å². The Morgan fingerprint density at radius 3 is 2.86 bits per heavy atom. The SMILES string of the molecule is CC(C)CNC(=O)c1nc2sccn2c1-c1ccncc1. The van der Waals surface area contributed by atoms with Crippen LogP contribution in [0.25, 0.3) is 16.2 Å². The van der Waals surface area contributed by atoms with E-state index in [2.05, 4.69) is 29.1 Å². The number of hydrogen-bond acceptors (Lipinski definition) is 4. The molecule has 5 nitrogen and oxygen atoms in total. The third-order valence-corrected chi connectivity index (χ3v) is 3.86. The summed E-state index contributed by atoms with van der Waals surface area (Å²) in [6.07, 6.45) is 5.37. The lowest BCUT2D eigenvalue weighted by molar-refractivity contribution is 0.0945. The highest BCUT2D eigenvalue weighted by atomic mass is 32.1. The van der Waals surface area contributed by atoms with Crippen LogP contribution >= 0.6 is 11.3 Å². The molecule has 6 heteroatoms. The van der Waals surface area contributed by atoms with E-state index in [9.17, 15) is 4.79 Å². The van der Waals surface area contributed by atoms with Crippen LogP contribution < -0.4 is 5.32 Å². The summed E-state index contributed by atoms with van der Waals surface area (Å²) in [5, 5.41) is 4.89. The average Bonchev–Trinajstić information content (AvgIpc) is 3.05. The molecular weight excluding hydrogens is 284 g/mol. The Labute approximate surface area is 126 Å². The predicted molar refractivity (Wildman–Crippen MR) is 83.5 cm³/mol. The summed E-state index contributed by atoms with van der Waals surface area (Å²) in [4.78, 5) is 21.7. The highest BCUT2D eigenvalue weighted by molar-refractivity contribution is 7.15. The molecule has 0 atom stereocenters. The van der Waals surface area contributed by atoms with Gasteiger partial charge in [-0.1, -0.05) is 13.8 Å². The van der Waals surface area contributed by atoms with E-state index in [1.54, 1.807) is 12.4 Å². The first-order valence-corrected chi connectivity index (χ1v) is 7.69. The van der Waals surface area contributed by atoms with Crippen molar-refractivity contribution in [3.63, 3.8) is 0 Å². The van der Waals surface area contributed by atoms with Gasteiger partial charge in [-0.25, -0.2) is 4.98 Å². The van der Waals surface area contributed by atoms with E-state index >= 15 is 0 Å². The molecule has 0 saturated heterocycles. The van der Waals surface area contributed by atoms with Crippen molar-refractivity contribution in [2.24, 2.45) is 5.92 Å². The summed E-state index contributed by atoms with van der Waals surface area (Å²) >= 11 is 1.52. The average molecular weight is 300 g/mol. The number of carbonyl (C=O) groups is 1. The molecule has 0 aliphatic carbocycles. The van der Waals surface area contributed by atoms with Crippen molar-refractivity contribution >= 4 is 22.2 Å². The molecule has 108 valence electrons. The number of pyridine rings is 1. The zero-order valence-corrected chi connectivity index (χ0v) is 12.7. The van der Waals surface area contributed by atoms with Crippen molar-refractivity contribution in [2.45, 2.75) is 13.8 Å². The zero-order chi connectivity index (χ0) is 14.8. The van der Waals surface area contributed by atoms with Gasteiger partial charge in [-0.05, 0) is 18.1 Å². The van der Waals surface area contributed by atoms with Crippen molar-refractivity contribution < 1.29 is 4.79 Å². The van der Waals surface area contributed by atoms with Crippen LogP contribution in [0.4, 0.5) is 0 Å². The van der Waals surface area contributed by atoms with Gasteiger partial charge in [0.05, 0.1) is 5.69 Å². The highest BCUT2D eigenvalue weighted by Crippen LogP contribution is 2.27. The molecule has 0 aliphatic heterocycles. The smallest absolute Gasteiger partial charge is 0.272 e. The van der Waals surface area contributed by atoms with Crippen molar-refractivity contribution in [3.05, 3.63) is 41.8 Å². The third kappa shape index (κ3) is 2.67. The van der Waals surface area contributed by atoms with Crippen molar-refractivity contribution in [3.8, 4) is 11.3 Å². The molecule has 1 N–H and O–H groups in total. The molecule has 0 bridgehead atoms. The number of carbonyl (C=O) groups excluding carboxylic acids is 1. The Morgan fingerprint density at radius 2 is 2.14 bits per heavy atom. The van der Waals surface area contributed by atoms with Gasteiger partial charge in [0.1, 0.15) is 0 Å². The normalized spacial score (nSPS) is 11.2. The molecule has 1 amide bonds. The van der Waals surface area contributed by atoms with E-state index < -0.39 is 0 Å². The van der Waals surface area contributed by atoms with E-state index in [0.717, 1.165) is 16.2 Å². The van der Waals surface area contributed by atoms with E-state index in [4.69, 9.17) is 0 Å². The van der Waals surface area contributed by atoms with Gasteiger partial charge in [0.15, 0.2) is 10.7 Å². The maximum Gasteiger partial charge on any atom is 0.272 e. The van der Waals surface area contributed by atoms with Crippen LogP contribution in [-0.2, 0) is 0 Å². The molecule has 0 unspecified atom stereocenters. The van der Waals surface area contributed by atoms with Crippen LogP contribution in [0.1, 0.15) is 24.3 Å². The van der Waals surface area contributed by atoms with Crippen LogP contribution in [0.5, 0.6) is 0 Å². The van der Waals surface area contributed by atoms with Crippen LogP contribution in [0.2, 0.25) is 0 Å². The standard InChI is InChI=1S/C15H16N4OS/c1-10(2)9-17-14(20)12-13(11-3-5-16-6-4-11)19-7-8-21-15(19)18-12/h3-8,10H,9H2,1-2H3,(H,17,20). The Kier molecular flexibility index (Phi) is 3.70. The molecule has 0 aromatic carbocycles. The molecule has 3 aromatic heterocycles. The van der Waals surface area contributed by atoms with Crippen molar-refractivity contribution in [1.82, 2.24) is 19.7 Å². The van der Waals surface area contributed by atoms with Gasteiger partial charge in [0, 0.05) is 36.1 Å². The maximum atomic E-state index is 12.4. The molecule has 0 radical (unpaired) electrons. The number of fused-ring (bicyclic) bond motifs is 1. The van der Waals surface area contributed by atoms with Crippen LogP contribution in [0.3, 0.4) is 0 Å². The van der Waals surface area contributed by atoms with Gasteiger partial charge < -0.3 is 5.32 Å². The monoisotopic (exact) mass is 300 g/mol. The maximum absolute atomic E-state index is 12.4. The molecule has 21 heavy (non-hydrogen) atoms. The predicted octanol–water partition coefficient (Wildman–Crippen LogP) is 2.84. The minimum atomic E-state index is -0.133. The molecule has 3 aromatic rings. The molecular formula is C15H16N4OS. The van der Waals surface area contributed by atoms with Crippen molar-refractivity contribution in [1.29, 1.82) is 0 Å². The van der Waals surface area contributed by atoms with E-state index in [1.165, 1.54) is 11.3 Å². The molecule has 0 saturated carbocycles. The molecule has 0 spiro atoms. The Balaban J connectivity index is 2.06. The summed E-state index contributed by atoms with van der Waals surface area (Å²) in [5.41, 5.74) is 2.22. The fourth-order valence-electron chi connectivity index (χ4n) is 2.11. The number of imidazole rings is 1. The fourth-order valence-corrected chi connectivity index (χ4v) is 2.82. The summed E-state index contributed by atoms with van der Waals surface area (Å²) in [5.74, 6) is 0.272. The number of amides is 1. The lowest BCUT2D eigenvalue weighted by Gasteiger charge is -2.08. The Hall–Kier alpha value is -2.21. The number of rotatable bonds is 4. The van der Waals surface area contributed by atoms with Gasteiger partial charge in [0.25, 0.3) is 5.91 Å². The van der Waals surface area contributed by atoms with Gasteiger partial charge in [-0.2, -0.15) is 0 Å². The second kappa shape index (κ2) is 5.65. The third-order valence-electron chi connectivity index (χ3n) is 3.10. The first kappa shape index (κ1) is 13.8. The fraction of sp³-hybridized carbons (Fsp3) is 0.267. The molecule has 3 heterocycles. The molecule has 0 fully saturated rings. The van der Waals surface area contributed by atoms with Gasteiger partial charge in [0.2, 0.25) is 0 Å². The Morgan fingerprint density at radius 1 is 1.38 bits per heavy atom. The topological polar surface area (TPSA) is 59.3 Å². The van der Waals surface area contributed by atoms with Crippen LogP contribution in [0, 0.1) is 5.92 Å². The summed E-state index contributed by atoms with van der Waals surface area (Å²) in [6, 6.07) is 3.78. The number of hydrogen-bond donors (Lipinski definition) is 1. The first-order valence-electron chi connectivity index (χ1n) is 6.81. The minimum Gasteiger partial charge on any atom is -0.350 e. The van der Waals surface area contributed by atoms with Gasteiger partial charge in [-0.15, -0.1) is 11.3 Å². The summed E-state index contributed by atoms with van der Waals surface area (Å²) in [7, 11) is 0. The molecule has 0 aliphatic rings. The number of nitrogens with one attached hydrogen (secondary N) is 1. The number of aromatic nitrogens is 3. The highest BCUT2D eigenvalue weighted by Gasteiger charge is 2.20. The van der Waals surface area contributed by atoms with Gasteiger partial charge >= 0.3 is 0 Å². The lowest BCUT2D eigenvalue weighted by Crippen LogP contribution is -2.28. The zero-order valence-electron chi connectivity index (χ0n) is 11.9. The van der Waals surface area contributed by atoms with E-state index in [1.807, 2.05) is 28.1 Å². The van der Waals surface area contributed by atoms with Gasteiger partial charge in [-0.3, -0.25) is 14.2 Å². The first-order chi connectivity index (χ1) is 10.2. The molecule has 3 rings (SSSR count). The lowest BCUT2D eigenvalue weighted by atomic mass is 10.1. The quantitative estimate of drug-likeness (QED) is 0.806. The largest absolute Gasteiger partial charge is 0.350 e. The minimum absolute atomic E-state index is 0.133. The van der Waals surface area contributed by atoms with Crippen LogP contribution in [0.15, 0.2) is 36.1 Å².